The van der Waals surface area contributed by atoms with Gasteiger partial charge in [0.25, 0.3) is 11.8 Å². The van der Waals surface area contributed by atoms with Crippen LogP contribution in [0.4, 0.5) is 5.13 Å². The molecule has 33 heavy (non-hydrogen) atoms. The van der Waals surface area contributed by atoms with Crippen molar-refractivity contribution in [3.05, 3.63) is 11.1 Å². The van der Waals surface area contributed by atoms with Crippen LogP contribution in [0, 0.1) is 0 Å². The van der Waals surface area contributed by atoms with Gasteiger partial charge in [0.1, 0.15) is 18.5 Å². The molecule has 2 atom stereocenters. The zero-order valence-electron chi connectivity index (χ0n) is 19.2. The first-order valence-electron chi connectivity index (χ1n) is 9.92. The van der Waals surface area contributed by atoms with Crippen LogP contribution < -0.4 is 11.1 Å². The van der Waals surface area contributed by atoms with Gasteiger partial charge in [0, 0.05) is 12.0 Å². The number of hydrogen-bond donors (Lipinski definition) is 3. The molecule has 0 bridgehead atoms. The topological polar surface area (TPSA) is 183 Å². The van der Waals surface area contributed by atoms with Crippen LogP contribution in [-0.2, 0) is 34.2 Å². The number of amides is 2. The SMILES string of the molecule is CCOCOC(C)C(C)(C)O/N=C(\C(=O)N[C@@H]1C(=O)N(S(=O)(=O)O)C1(C)C)c1csc(N)n1. The highest BCUT2D eigenvalue weighted by molar-refractivity contribution is 7.84. The number of hydrogen-bond acceptors (Lipinski definition) is 11. The lowest BCUT2D eigenvalue weighted by Gasteiger charge is -2.50. The Bertz CT molecular complexity index is 1020. The Labute approximate surface area is 196 Å². The molecule has 0 aromatic carbocycles. The van der Waals surface area contributed by atoms with Crippen LogP contribution in [0.5, 0.6) is 0 Å². The number of aromatic nitrogens is 1. The predicted molar refractivity (Wildman–Crippen MR) is 120 cm³/mol. The predicted octanol–water partition coefficient (Wildman–Crippen LogP) is 0.532. The molecule has 15 heteroatoms. The first kappa shape index (κ1) is 26.9. The zero-order chi connectivity index (χ0) is 25.2. The summed E-state index contributed by atoms with van der Waals surface area (Å²) in [4.78, 5) is 34.9. The van der Waals surface area contributed by atoms with E-state index in [2.05, 4.69) is 15.5 Å². The summed E-state index contributed by atoms with van der Waals surface area (Å²) in [5.74, 6) is -1.84. The van der Waals surface area contributed by atoms with Crippen LogP contribution >= 0.6 is 11.3 Å². The number of nitrogens with two attached hydrogens (primary N) is 1. The number of β-lactam (4-membered cyclic amide) rings is 1. The highest BCUT2D eigenvalue weighted by Gasteiger charge is 2.60. The fraction of sp³-hybridized carbons (Fsp3) is 0.667. The molecular formula is C18H29N5O8S2. The molecule has 2 amide bonds. The summed E-state index contributed by atoms with van der Waals surface area (Å²) in [6.45, 7) is 10.2. The van der Waals surface area contributed by atoms with Gasteiger partial charge < -0.3 is 25.4 Å². The molecule has 0 saturated carbocycles. The summed E-state index contributed by atoms with van der Waals surface area (Å²) in [5.41, 5.74) is 3.10. The Hall–Kier alpha value is -2.33. The van der Waals surface area contributed by atoms with E-state index < -0.39 is 45.4 Å². The average molecular weight is 508 g/mol. The maximum atomic E-state index is 13.0. The number of nitrogens with one attached hydrogen (secondary N) is 1. The molecule has 1 unspecified atom stereocenters. The number of nitrogen functional groups attached to an aromatic ring is 1. The van der Waals surface area contributed by atoms with Crippen molar-refractivity contribution in [2.75, 3.05) is 19.1 Å². The van der Waals surface area contributed by atoms with Crippen molar-refractivity contribution in [1.82, 2.24) is 14.6 Å². The van der Waals surface area contributed by atoms with Crippen molar-refractivity contribution in [2.45, 2.75) is 64.8 Å². The van der Waals surface area contributed by atoms with E-state index in [9.17, 15) is 22.6 Å². The lowest BCUT2D eigenvalue weighted by Crippen LogP contribution is -2.77. The Morgan fingerprint density at radius 3 is 2.61 bits per heavy atom. The van der Waals surface area contributed by atoms with Crippen molar-refractivity contribution >= 4 is 44.3 Å². The highest BCUT2D eigenvalue weighted by atomic mass is 32.2. The van der Waals surface area contributed by atoms with E-state index in [1.165, 1.54) is 19.2 Å². The molecule has 4 N–H and O–H groups in total. The van der Waals surface area contributed by atoms with Gasteiger partial charge in [-0.2, -0.15) is 8.42 Å². The van der Waals surface area contributed by atoms with Crippen molar-refractivity contribution in [2.24, 2.45) is 5.16 Å². The van der Waals surface area contributed by atoms with E-state index in [1.54, 1.807) is 20.8 Å². The number of nitrogens with zero attached hydrogens (tertiary/aromatic N) is 3. The van der Waals surface area contributed by atoms with E-state index in [4.69, 9.17) is 20.0 Å². The van der Waals surface area contributed by atoms with Crippen LogP contribution in [-0.4, -0.2) is 76.5 Å². The number of carbonyl (C=O) groups excluding carboxylic acids is 2. The molecule has 0 spiro atoms. The first-order chi connectivity index (χ1) is 15.1. The number of rotatable bonds is 11. The van der Waals surface area contributed by atoms with Crippen molar-refractivity contribution in [3.63, 3.8) is 0 Å². The minimum absolute atomic E-state index is 0.0489. The number of ether oxygens (including phenoxy) is 2. The Kier molecular flexibility index (Phi) is 8.06. The normalized spacial score (nSPS) is 19.7. The van der Waals surface area contributed by atoms with Gasteiger partial charge >= 0.3 is 10.3 Å². The number of carbonyl (C=O) groups is 2. The minimum atomic E-state index is -4.78. The number of oxime groups is 1. The lowest BCUT2D eigenvalue weighted by atomic mass is 9.85. The lowest BCUT2D eigenvalue weighted by molar-refractivity contribution is -0.163. The molecular weight excluding hydrogens is 478 g/mol. The van der Waals surface area contributed by atoms with Gasteiger partial charge in [0.05, 0.1) is 11.6 Å². The fourth-order valence-corrected chi connectivity index (χ4v) is 4.46. The van der Waals surface area contributed by atoms with E-state index >= 15 is 0 Å². The summed E-state index contributed by atoms with van der Waals surface area (Å²) in [7, 11) is -4.78. The molecule has 1 aliphatic rings. The molecule has 1 fully saturated rings. The minimum Gasteiger partial charge on any atom is -0.386 e. The Morgan fingerprint density at radius 2 is 2.12 bits per heavy atom. The third kappa shape index (κ3) is 5.97. The smallest absolute Gasteiger partial charge is 0.362 e. The molecule has 13 nitrogen and oxygen atoms in total. The molecule has 1 aromatic rings. The molecule has 1 aliphatic heterocycles. The first-order valence-corrected chi connectivity index (χ1v) is 12.2. The van der Waals surface area contributed by atoms with E-state index in [0.717, 1.165) is 11.3 Å². The maximum Gasteiger partial charge on any atom is 0.362 e. The molecule has 1 aromatic heterocycles. The fourth-order valence-electron chi connectivity index (χ4n) is 2.88. The quantitative estimate of drug-likeness (QED) is 0.0953. The molecule has 2 heterocycles. The third-order valence-electron chi connectivity index (χ3n) is 5.12. The van der Waals surface area contributed by atoms with Crippen molar-refractivity contribution < 1.29 is 36.9 Å². The van der Waals surface area contributed by atoms with Crippen LogP contribution in [0.1, 0.15) is 47.2 Å². The van der Waals surface area contributed by atoms with E-state index in [1.807, 2.05) is 6.92 Å². The summed E-state index contributed by atoms with van der Waals surface area (Å²) in [5, 5.41) is 8.05. The van der Waals surface area contributed by atoms with Gasteiger partial charge in [-0.25, -0.2) is 9.29 Å². The van der Waals surface area contributed by atoms with Crippen LogP contribution in [0.15, 0.2) is 10.5 Å². The Morgan fingerprint density at radius 1 is 1.48 bits per heavy atom. The number of thiazole rings is 1. The van der Waals surface area contributed by atoms with E-state index in [-0.39, 0.29) is 23.3 Å². The van der Waals surface area contributed by atoms with Gasteiger partial charge in [0.2, 0.25) is 0 Å². The summed E-state index contributed by atoms with van der Waals surface area (Å²) >= 11 is 1.07. The summed E-state index contributed by atoms with van der Waals surface area (Å²) in [6.07, 6.45) is -0.479. The third-order valence-corrected chi connectivity index (χ3v) is 6.91. The second-order valence-corrected chi connectivity index (χ2v) is 10.4. The van der Waals surface area contributed by atoms with Crippen LogP contribution in [0.2, 0.25) is 0 Å². The van der Waals surface area contributed by atoms with E-state index in [0.29, 0.717) is 10.9 Å². The molecule has 2 rings (SSSR count). The monoisotopic (exact) mass is 507 g/mol. The van der Waals surface area contributed by atoms with Crippen LogP contribution in [0.25, 0.3) is 0 Å². The van der Waals surface area contributed by atoms with Gasteiger partial charge in [-0.3, -0.25) is 14.1 Å². The van der Waals surface area contributed by atoms with Crippen molar-refractivity contribution in [3.8, 4) is 0 Å². The van der Waals surface area contributed by atoms with Crippen LogP contribution in [0.3, 0.4) is 0 Å². The highest BCUT2D eigenvalue weighted by Crippen LogP contribution is 2.34. The van der Waals surface area contributed by atoms with Gasteiger partial charge in [0.15, 0.2) is 16.4 Å². The maximum absolute atomic E-state index is 13.0. The number of anilines is 1. The molecule has 0 aliphatic carbocycles. The van der Waals surface area contributed by atoms with Gasteiger partial charge in [-0.1, -0.05) is 5.16 Å². The standard InChI is InChI=1S/C18H29N5O8S2/c1-7-29-9-30-10(2)18(5,6)31-22-12(11-8-32-16(19)20-11)14(24)21-13-15(25)23(17(13,3)4)33(26,27)28/h8,10,13H,7,9H2,1-6H3,(H2,19,20)(H,21,24)(H,26,27,28)/b22-12-/t10?,13-/m1/s1. The second kappa shape index (κ2) is 9.89. The Balaban J connectivity index is 2.25. The second-order valence-electron chi connectivity index (χ2n) is 8.27. The summed E-state index contributed by atoms with van der Waals surface area (Å²) in [6, 6.07) is -1.24. The van der Waals surface area contributed by atoms with Gasteiger partial charge in [-0.05, 0) is 41.5 Å². The average Bonchev–Trinajstić information content (AvgIpc) is 3.10. The molecule has 1 saturated heterocycles. The zero-order valence-corrected chi connectivity index (χ0v) is 20.8. The molecule has 0 radical (unpaired) electrons. The van der Waals surface area contributed by atoms with Gasteiger partial charge in [-0.15, -0.1) is 11.3 Å². The largest absolute Gasteiger partial charge is 0.386 e. The summed E-state index contributed by atoms with van der Waals surface area (Å²) < 4.78 is 43.2. The molecule has 186 valence electrons. The van der Waals surface area contributed by atoms with Crippen molar-refractivity contribution in [1.29, 1.82) is 0 Å².